The molecule has 0 aromatic carbocycles. The van der Waals surface area contributed by atoms with Crippen molar-refractivity contribution >= 4 is 22.4 Å². The molecule has 0 aliphatic rings. The van der Waals surface area contributed by atoms with Crippen molar-refractivity contribution in [2.24, 2.45) is 5.41 Å². The second kappa shape index (κ2) is 6.41. The SMILES string of the molecule is CN(C)CC(C)(C)CNc1snc(N)c1-c1cccnc1. The zero-order valence-corrected chi connectivity index (χ0v) is 13.9. The third-order valence-corrected chi connectivity index (χ3v) is 3.96. The average Bonchev–Trinajstić information content (AvgIpc) is 2.77. The number of nitrogen functional groups attached to an aromatic ring is 1. The lowest BCUT2D eigenvalue weighted by molar-refractivity contribution is 0.254. The number of nitrogens with zero attached hydrogens (tertiary/aromatic N) is 3. The van der Waals surface area contributed by atoms with Crippen molar-refractivity contribution in [1.82, 2.24) is 14.3 Å². The number of nitrogens with one attached hydrogen (secondary N) is 1. The molecule has 0 spiro atoms. The highest BCUT2D eigenvalue weighted by Gasteiger charge is 2.21. The Hall–Kier alpha value is -1.66. The fourth-order valence-corrected chi connectivity index (χ4v) is 3.18. The second-order valence-electron chi connectivity index (χ2n) is 6.27. The molecule has 114 valence electrons. The number of aromatic nitrogens is 2. The zero-order chi connectivity index (χ0) is 15.5. The lowest BCUT2D eigenvalue weighted by Gasteiger charge is -2.28. The molecule has 0 atom stereocenters. The first kappa shape index (κ1) is 15.7. The Balaban J connectivity index is 2.16. The number of hydrogen-bond donors (Lipinski definition) is 2. The molecule has 0 saturated heterocycles. The van der Waals surface area contributed by atoms with E-state index in [1.807, 2.05) is 18.3 Å². The lowest BCUT2D eigenvalue weighted by atomic mass is 9.93. The molecule has 0 radical (unpaired) electrons. The summed E-state index contributed by atoms with van der Waals surface area (Å²) in [6.45, 7) is 6.36. The minimum atomic E-state index is 0.161. The summed E-state index contributed by atoms with van der Waals surface area (Å²) in [6, 6.07) is 3.91. The van der Waals surface area contributed by atoms with Gasteiger partial charge in [0, 0.05) is 31.0 Å². The van der Waals surface area contributed by atoms with Crippen molar-refractivity contribution in [3.63, 3.8) is 0 Å². The van der Waals surface area contributed by atoms with Crippen LogP contribution in [0, 0.1) is 5.41 Å². The van der Waals surface area contributed by atoms with E-state index in [1.54, 1.807) is 6.20 Å². The summed E-state index contributed by atoms with van der Waals surface area (Å²) >= 11 is 1.40. The summed E-state index contributed by atoms with van der Waals surface area (Å²) in [5.41, 5.74) is 8.13. The van der Waals surface area contributed by atoms with E-state index in [9.17, 15) is 0 Å². The van der Waals surface area contributed by atoms with Gasteiger partial charge < -0.3 is 16.0 Å². The van der Waals surface area contributed by atoms with Gasteiger partial charge in [-0.05, 0) is 37.1 Å². The smallest absolute Gasteiger partial charge is 0.147 e. The molecule has 2 aromatic rings. The lowest BCUT2D eigenvalue weighted by Crippen LogP contribution is -2.34. The van der Waals surface area contributed by atoms with Gasteiger partial charge in [-0.3, -0.25) is 4.98 Å². The molecule has 3 N–H and O–H groups in total. The molecule has 5 nitrogen and oxygen atoms in total. The minimum Gasteiger partial charge on any atom is -0.382 e. The van der Waals surface area contributed by atoms with Gasteiger partial charge in [0.1, 0.15) is 10.8 Å². The van der Waals surface area contributed by atoms with Gasteiger partial charge in [-0.25, -0.2) is 0 Å². The number of hydrogen-bond acceptors (Lipinski definition) is 6. The monoisotopic (exact) mass is 305 g/mol. The molecule has 2 heterocycles. The van der Waals surface area contributed by atoms with Crippen LogP contribution in [0.1, 0.15) is 13.8 Å². The van der Waals surface area contributed by atoms with Crippen molar-refractivity contribution in [3.8, 4) is 11.1 Å². The third-order valence-electron chi connectivity index (χ3n) is 3.14. The van der Waals surface area contributed by atoms with E-state index in [-0.39, 0.29) is 5.41 Å². The van der Waals surface area contributed by atoms with Gasteiger partial charge in [-0.2, -0.15) is 4.37 Å². The zero-order valence-electron chi connectivity index (χ0n) is 13.1. The quantitative estimate of drug-likeness (QED) is 0.859. The van der Waals surface area contributed by atoms with Crippen LogP contribution in [0.4, 0.5) is 10.8 Å². The molecule has 2 rings (SSSR count). The standard InChI is InChI=1S/C15H23N5S/c1-15(2,10-20(3)4)9-18-14-12(13(16)19-21-14)11-6-5-7-17-8-11/h5-8,18H,9-10H2,1-4H3,(H2,16,19). The van der Waals surface area contributed by atoms with Gasteiger partial charge in [0.2, 0.25) is 0 Å². The van der Waals surface area contributed by atoms with Gasteiger partial charge in [0.15, 0.2) is 0 Å². The summed E-state index contributed by atoms with van der Waals surface area (Å²) in [4.78, 5) is 6.36. The molecule has 0 aliphatic carbocycles. The van der Waals surface area contributed by atoms with Crippen molar-refractivity contribution in [1.29, 1.82) is 0 Å². The number of nitrogens with two attached hydrogens (primary N) is 1. The van der Waals surface area contributed by atoms with Crippen LogP contribution in [0.15, 0.2) is 24.5 Å². The Morgan fingerprint density at radius 3 is 2.76 bits per heavy atom. The summed E-state index contributed by atoms with van der Waals surface area (Å²) in [5, 5.41) is 4.51. The summed E-state index contributed by atoms with van der Waals surface area (Å²) in [6.07, 6.45) is 3.57. The number of rotatable bonds is 6. The van der Waals surface area contributed by atoms with E-state index < -0.39 is 0 Å². The highest BCUT2D eigenvalue weighted by atomic mass is 32.1. The third kappa shape index (κ3) is 4.15. The van der Waals surface area contributed by atoms with Crippen molar-refractivity contribution in [2.45, 2.75) is 13.8 Å². The van der Waals surface area contributed by atoms with E-state index in [0.29, 0.717) is 5.82 Å². The summed E-state index contributed by atoms with van der Waals surface area (Å²) < 4.78 is 4.27. The van der Waals surface area contributed by atoms with Crippen LogP contribution in [0.25, 0.3) is 11.1 Å². The van der Waals surface area contributed by atoms with E-state index >= 15 is 0 Å². The molecule has 0 aliphatic heterocycles. The Bertz CT molecular complexity index is 577. The highest BCUT2D eigenvalue weighted by Crippen LogP contribution is 2.36. The largest absolute Gasteiger partial charge is 0.382 e. The fraction of sp³-hybridized carbons (Fsp3) is 0.467. The van der Waals surface area contributed by atoms with Crippen LogP contribution in [-0.4, -0.2) is 41.4 Å². The Labute approximate surface area is 130 Å². The van der Waals surface area contributed by atoms with Gasteiger partial charge >= 0.3 is 0 Å². The molecule has 0 unspecified atom stereocenters. The Kier molecular flexibility index (Phi) is 4.80. The van der Waals surface area contributed by atoms with Crippen molar-refractivity contribution < 1.29 is 0 Å². The van der Waals surface area contributed by atoms with Crippen LogP contribution < -0.4 is 11.1 Å². The maximum absolute atomic E-state index is 6.02. The molecular formula is C15H23N5S. The first-order chi connectivity index (χ1) is 9.89. The van der Waals surface area contributed by atoms with Gasteiger partial charge in [0.25, 0.3) is 0 Å². The Morgan fingerprint density at radius 1 is 1.38 bits per heavy atom. The summed E-state index contributed by atoms with van der Waals surface area (Å²) in [5.74, 6) is 0.556. The van der Waals surface area contributed by atoms with E-state index in [1.165, 1.54) is 11.5 Å². The van der Waals surface area contributed by atoms with E-state index in [0.717, 1.165) is 29.2 Å². The Morgan fingerprint density at radius 2 is 2.14 bits per heavy atom. The molecule has 2 aromatic heterocycles. The van der Waals surface area contributed by atoms with Crippen LogP contribution in [0.3, 0.4) is 0 Å². The summed E-state index contributed by atoms with van der Waals surface area (Å²) in [7, 11) is 4.18. The minimum absolute atomic E-state index is 0.161. The molecule has 0 bridgehead atoms. The number of pyridine rings is 1. The predicted octanol–water partition coefficient (Wildman–Crippen LogP) is 2.79. The molecule has 0 saturated carbocycles. The van der Waals surface area contributed by atoms with Crippen molar-refractivity contribution in [3.05, 3.63) is 24.5 Å². The van der Waals surface area contributed by atoms with Gasteiger partial charge in [-0.1, -0.05) is 19.9 Å². The topological polar surface area (TPSA) is 67.1 Å². The predicted molar refractivity (Wildman–Crippen MR) is 90.6 cm³/mol. The molecule has 21 heavy (non-hydrogen) atoms. The average molecular weight is 305 g/mol. The molecule has 0 amide bonds. The maximum Gasteiger partial charge on any atom is 0.147 e. The second-order valence-corrected chi connectivity index (χ2v) is 7.04. The maximum atomic E-state index is 6.02. The van der Waals surface area contributed by atoms with Crippen LogP contribution in [0.2, 0.25) is 0 Å². The van der Waals surface area contributed by atoms with Gasteiger partial charge in [0.05, 0.1) is 5.56 Å². The van der Waals surface area contributed by atoms with E-state index in [2.05, 4.69) is 47.5 Å². The first-order valence-corrected chi connectivity index (χ1v) is 7.70. The van der Waals surface area contributed by atoms with Gasteiger partial charge in [-0.15, -0.1) is 0 Å². The van der Waals surface area contributed by atoms with Crippen LogP contribution in [0.5, 0.6) is 0 Å². The molecular weight excluding hydrogens is 282 g/mol. The fourth-order valence-electron chi connectivity index (χ4n) is 2.44. The van der Waals surface area contributed by atoms with E-state index in [4.69, 9.17) is 5.73 Å². The molecule has 6 heteroatoms. The van der Waals surface area contributed by atoms with Crippen molar-refractivity contribution in [2.75, 3.05) is 38.2 Å². The normalized spacial score (nSPS) is 11.9. The van der Waals surface area contributed by atoms with Crippen LogP contribution >= 0.6 is 11.5 Å². The highest BCUT2D eigenvalue weighted by molar-refractivity contribution is 7.11. The molecule has 0 fully saturated rings. The van der Waals surface area contributed by atoms with Crippen LogP contribution in [-0.2, 0) is 0 Å². The first-order valence-electron chi connectivity index (χ1n) is 6.93. The number of anilines is 2.